The molecule has 0 unspecified atom stereocenters. The van der Waals surface area contributed by atoms with Crippen LogP contribution in [0.5, 0.6) is 5.75 Å². The zero-order valence-electron chi connectivity index (χ0n) is 16.3. The molecule has 0 fully saturated rings. The summed E-state index contributed by atoms with van der Waals surface area (Å²) in [6.45, 7) is 6.33. The Bertz CT molecular complexity index is 864. The molecule has 3 N–H and O–H groups in total. The van der Waals surface area contributed by atoms with Gasteiger partial charge in [-0.15, -0.1) is 0 Å². The molecule has 0 aliphatic carbocycles. The van der Waals surface area contributed by atoms with Crippen LogP contribution < -0.4 is 15.5 Å². The van der Waals surface area contributed by atoms with Gasteiger partial charge in [-0.05, 0) is 80.9 Å². The molecule has 0 heterocycles. The first-order valence-electron chi connectivity index (χ1n) is 8.98. The summed E-state index contributed by atoms with van der Waals surface area (Å²) in [6, 6.07) is 13.6. The van der Waals surface area contributed by atoms with Crippen molar-refractivity contribution >= 4 is 34.7 Å². The van der Waals surface area contributed by atoms with Crippen LogP contribution in [-0.4, -0.2) is 28.5 Å². The summed E-state index contributed by atoms with van der Waals surface area (Å²) in [4.78, 5) is 10.5. The van der Waals surface area contributed by atoms with Crippen LogP contribution in [0.3, 0.4) is 0 Å². The molecule has 0 amide bonds. The fraction of sp³-hybridized carbons (Fsp3) is 0.286. The quantitative estimate of drug-likeness (QED) is 0.266. The molecule has 0 saturated carbocycles. The second-order valence-corrected chi connectivity index (χ2v) is 6.86. The average molecular weight is 400 g/mol. The van der Waals surface area contributed by atoms with Gasteiger partial charge in [-0.3, -0.25) is 10.2 Å². The number of carbonyl (C=O) groups is 1. The van der Waals surface area contributed by atoms with Gasteiger partial charge in [0.2, 0.25) is 0 Å². The summed E-state index contributed by atoms with van der Waals surface area (Å²) in [7, 11) is 0. The van der Waals surface area contributed by atoms with Crippen LogP contribution in [0.1, 0.15) is 36.5 Å². The minimum atomic E-state index is -0.816. The number of hydrazone groups is 1. The zero-order chi connectivity index (χ0) is 20.5. The normalized spacial score (nSPS) is 11.0. The van der Waals surface area contributed by atoms with Crippen LogP contribution in [0.4, 0.5) is 5.69 Å². The Morgan fingerprint density at radius 1 is 1.18 bits per heavy atom. The first kappa shape index (κ1) is 21.4. The Labute approximate surface area is 170 Å². The Morgan fingerprint density at radius 3 is 2.54 bits per heavy atom. The smallest absolute Gasteiger partial charge is 0.303 e. The number of thiocarbonyl (C=S) groups is 1. The van der Waals surface area contributed by atoms with E-state index in [1.54, 1.807) is 0 Å². The Balaban J connectivity index is 1.86. The molecule has 2 aromatic rings. The molecule has 2 rings (SSSR count). The fourth-order valence-electron chi connectivity index (χ4n) is 2.51. The maximum atomic E-state index is 10.5. The van der Waals surface area contributed by atoms with Crippen molar-refractivity contribution in [2.75, 3.05) is 11.9 Å². The van der Waals surface area contributed by atoms with Crippen LogP contribution >= 0.6 is 12.2 Å². The number of carboxylic acids is 1. The van der Waals surface area contributed by atoms with E-state index in [-0.39, 0.29) is 6.42 Å². The van der Waals surface area contributed by atoms with E-state index in [0.717, 1.165) is 22.5 Å². The van der Waals surface area contributed by atoms with Crippen molar-refractivity contribution in [3.8, 4) is 5.75 Å². The summed E-state index contributed by atoms with van der Waals surface area (Å²) in [5, 5.41) is 16.5. The molecule has 7 heteroatoms. The van der Waals surface area contributed by atoms with E-state index in [0.29, 0.717) is 23.9 Å². The monoisotopic (exact) mass is 399 g/mol. The summed E-state index contributed by atoms with van der Waals surface area (Å²) in [5.41, 5.74) is 7.83. The van der Waals surface area contributed by atoms with Crippen molar-refractivity contribution < 1.29 is 14.6 Å². The number of anilines is 1. The van der Waals surface area contributed by atoms with Crippen molar-refractivity contribution in [2.45, 2.75) is 33.6 Å². The van der Waals surface area contributed by atoms with Gasteiger partial charge in [-0.25, -0.2) is 0 Å². The van der Waals surface area contributed by atoms with E-state index in [1.807, 2.05) is 57.2 Å². The van der Waals surface area contributed by atoms with E-state index in [1.165, 1.54) is 5.56 Å². The average Bonchev–Trinajstić information content (AvgIpc) is 2.66. The van der Waals surface area contributed by atoms with Gasteiger partial charge in [0, 0.05) is 12.1 Å². The second kappa shape index (κ2) is 10.4. The van der Waals surface area contributed by atoms with Gasteiger partial charge in [0.1, 0.15) is 5.75 Å². The van der Waals surface area contributed by atoms with E-state index >= 15 is 0 Å². The van der Waals surface area contributed by atoms with Gasteiger partial charge in [0.25, 0.3) is 0 Å². The van der Waals surface area contributed by atoms with Crippen molar-refractivity contribution in [3.63, 3.8) is 0 Å². The third-order valence-corrected chi connectivity index (χ3v) is 4.22. The summed E-state index contributed by atoms with van der Waals surface area (Å²) in [5.74, 6) is -0.120. The lowest BCUT2D eigenvalue weighted by Crippen LogP contribution is -2.25. The minimum Gasteiger partial charge on any atom is -0.494 e. The molecule has 6 nitrogen and oxygen atoms in total. The predicted octanol–water partition coefficient (Wildman–Crippen LogP) is 4.26. The number of carboxylic acid groups (broad SMARTS) is 1. The van der Waals surface area contributed by atoms with Crippen molar-refractivity contribution in [3.05, 3.63) is 59.2 Å². The van der Waals surface area contributed by atoms with E-state index in [4.69, 9.17) is 22.1 Å². The van der Waals surface area contributed by atoms with Gasteiger partial charge in [0.15, 0.2) is 5.11 Å². The van der Waals surface area contributed by atoms with Crippen LogP contribution in [0, 0.1) is 13.8 Å². The lowest BCUT2D eigenvalue weighted by molar-refractivity contribution is -0.137. The minimum absolute atomic E-state index is 0.103. The lowest BCUT2D eigenvalue weighted by Gasteiger charge is -2.11. The van der Waals surface area contributed by atoms with E-state index in [9.17, 15) is 4.79 Å². The maximum absolute atomic E-state index is 10.5. The predicted molar refractivity (Wildman–Crippen MR) is 116 cm³/mol. The molecule has 0 aliphatic rings. The molecule has 0 atom stereocenters. The summed E-state index contributed by atoms with van der Waals surface area (Å²) in [6.07, 6.45) is 0.581. The van der Waals surface area contributed by atoms with E-state index in [2.05, 4.69) is 21.9 Å². The Morgan fingerprint density at radius 2 is 1.89 bits per heavy atom. The number of benzene rings is 2. The highest BCUT2D eigenvalue weighted by molar-refractivity contribution is 7.80. The molecule has 0 aliphatic heterocycles. The third kappa shape index (κ3) is 7.00. The number of aliphatic carboxylic acids is 1. The topological polar surface area (TPSA) is 83.0 Å². The van der Waals surface area contributed by atoms with Gasteiger partial charge < -0.3 is 15.2 Å². The summed E-state index contributed by atoms with van der Waals surface area (Å²) < 4.78 is 5.53. The lowest BCUT2D eigenvalue weighted by atomic mass is 10.1. The first-order chi connectivity index (χ1) is 13.3. The standard InChI is InChI=1S/C21H25N3O3S/c1-14-6-11-19(15(2)13-14)22-21(28)24-23-16(3)17-7-9-18(10-8-17)27-12-4-5-20(25)26/h6-11,13H,4-5,12H2,1-3H3,(H,25,26)(H2,22,24,28)/b23-16-. The number of hydrogen-bond acceptors (Lipinski definition) is 4. The molecule has 0 aromatic heterocycles. The highest BCUT2D eigenvalue weighted by Gasteiger charge is 2.03. The molecule has 0 spiro atoms. The summed E-state index contributed by atoms with van der Waals surface area (Å²) >= 11 is 5.30. The molecule has 2 aromatic carbocycles. The maximum Gasteiger partial charge on any atom is 0.303 e. The van der Waals surface area contributed by atoms with Crippen molar-refractivity contribution in [1.82, 2.24) is 5.43 Å². The van der Waals surface area contributed by atoms with Crippen LogP contribution in [0.25, 0.3) is 0 Å². The molecule has 0 bridgehead atoms. The highest BCUT2D eigenvalue weighted by atomic mass is 32.1. The van der Waals surface area contributed by atoms with Gasteiger partial charge in [-0.2, -0.15) is 5.10 Å². The largest absolute Gasteiger partial charge is 0.494 e. The Hall–Kier alpha value is -2.93. The van der Waals surface area contributed by atoms with Gasteiger partial charge in [-0.1, -0.05) is 17.7 Å². The third-order valence-electron chi connectivity index (χ3n) is 4.03. The number of nitrogens with one attached hydrogen (secondary N) is 2. The van der Waals surface area contributed by atoms with Crippen LogP contribution in [-0.2, 0) is 4.79 Å². The molecule has 0 radical (unpaired) electrons. The van der Waals surface area contributed by atoms with Gasteiger partial charge in [0.05, 0.1) is 12.3 Å². The first-order valence-corrected chi connectivity index (χ1v) is 9.39. The Kier molecular flexibility index (Phi) is 7.95. The molecular weight excluding hydrogens is 374 g/mol. The SMILES string of the molecule is C/C(=N/NC(=S)Nc1ccc(C)cc1C)c1ccc(OCCCC(=O)O)cc1. The zero-order valence-corrected chi connectivity index (χ0v) is 17.1. The highest BCUT2D eigenvalue weighted by Crippen LogP contribution is 2.16. The van der Waals surface area contributed by atoms with E-state index < -0.39 is 5.97 Å². The molecule has 148 valence electrons. The molecular formula is C21H25N3O3S. The molecule has 28 heavy (non-hydrogen) atoms. The number of rotatable bonds is 8. The number of aryl methyl sites for hydroxylation is 2. The van der Waals surface area contributed by atoms with Crippen molar-refractivity contribution in [2.24, 2.45) is 5.10 Å². The molecule has 0 saturated heterocycles. The van der Waals surface area contributed by atoms with Gasteiger partial charge >= 0.3 is 5.97 Å². The second-order valence-electron chi connectivity index (χ2n) is 6.45. The number of nitrogens with zero attached hydrogens (tertiary/aromatic N) is 1. The number of hydrogen-bond donors (Lipinski definition) is 3. The van der Waals surface area contributed by atoms with Crippen LogP contribution in [0.15, 0.2) is 47.6 Å². The fourth-order valence-corrected chi connectivity index (χ4v) is 2.66. The number of ether oxygens (including phenoxy) is 1. The van der Waals surface area contributed by atoms with Crippen LogP contribution in [0.2, 0.25) is 0 Å². The van der Waals surface area contributed by atoms with Crippen molar-refractivity contribution in [1.29, 1.82) is 0 Å².